The molecule has 0 aliphatic rings. The summed E-state index contributed by atoms with van der Waals surface area (Å²) in [6.45, 7) is 2.42. The van der Waals surface area contributed by atoms with Crippen molar-refractivity contribution in [2.75, 3.05) is 26.0 Å². The molecule has 0 spiro atoms. The molecule has 7 nitrogen and oxygen atoms in total. The van der Waals surface area contributed by atoms with Gasteiger partial charge in [-0.1, -0.05) is 30.3 Å². The zero-order valence-electron chi connectivity index (χ0n) is 17.2. The van der Waals surface area contributed by atoms with Gasteiger partial charge in [-0.25, -0.2) is 4.79 Å². The highest BCUT2D eigenvalue weighted by molar-refractivity contribution is 14.0. The number of aliphatic imine (C=N–C) groups is 1. The number of rotatable bonds is 7. The van der Waals surface area contributed by atoms with Crippen LogP contribution in [-0.4, -0.2) is 37.3 Å². The van der Waals surface area contributed by atoms with Crippen molar-refractivity contribution >= 4 is 52.6 Å². The number of anilines is 1. The molecule has 0 saturated carbocycles. The first-order valence-corrected chi connectivity index (χ1v) is 9.62. The zero-order chi connectivity index (χ0) is 20.5. The highest BCUT2D eigenvalue weighted by atomic mass is 127. The summed E-state index contributed by atoms with van der Waals surface area (Å²) < 4.78 is 6.86. The third kappa shape index (κ3) is 6.65. The fourth-order valence-electron chi connectivity index (χ4n) is 3.07. The summed E-state index contributed by atoms with van der Waals surface area (Å²) in [5, 5.41) is 10.5. The van der Waals surface area contributed by atoms with Crippen LogP contribution < -0.4 is 16.0 Å². The van der Waals surface area contributed by atoms with Gasteiger partial charge in [0, 0.05) is 44.1 Å². The Labute approximate surface area is 193 Å². The molecule has 2 aromatic carbocycles. The van der Waals surface area contributed by atoms with Crippen LogP contribution in [-0.2, 0) is 17.8 Å². The first-order valence-electron chi connectivity index (χ1n) is 9.62. The number of hydrogen-bond acceptors (Lipinski definition) is 3. The summed E-state index contributed by atoms with van der Waals surface area (Å²) in [5.41, 5.74) is 3.04. The van der Waals surface area contributed by atoms with E-state index in [1.807, 2.05) is 24.3 Å². The molecular weight excluding hydrogens is 493 g/mol. The van der Waals surface area contributed by atoms with E-state index in [1.165, 1.54) is 18.0 Å². The van der Waals surface area contributed by atoms with E-state index in [1.54, 1.807) is 7.05 Å². The Bertz CT molecular complexity index is 969. The molecule has 1 aromatic heterocycles. The van der Waals surface area contributed by atoms with Crippen LogP contribution in [0.4, 0.5) is 10.5 Å². The average Bonchev–Trinajstić information content (AvgIpc) is 3.17. The molecule has 0 bridgehead atoms. The lowest BCUT2D eigenvalue weighted by atomic mass is 10.2. The monoisotopic (exact) mass is 521 g/mol. The number of para-hydroxylation sites is 1. The molecule has 0 fully saturated rings. The number of nitrogens with one attached hydrogen (secondary N) is 3. The van der Waals surface area contributed by atoms with Gasteiger partial charge in [-0.15, -0.1) is 24.0 Å². The van der Waals surface area contributed by atoms with Gasteiger partial charge in [0.25, 0.3) is 0 Å². The van der Waals surface area contributed by atoms with E-state index < -0.39 is 6.09 Å². The van der Waals surface area contributed by atoms with E-state index in [2.05, 4.69) is 66.8 Å². The molecule has 30 heavy (non-hydrogen) atoms. The first-order chi connectivity index (χ1) is 14.2. The summed E-state index contributed by atoms with van der Waals surface area (Å²) >= 11 is 0. The van der Waals surface area contributed by atoms with Crippen molar-refractivity contribution in [1.82, 2.24) is 15.2 Å². The van der Waals surface area contributed by atoms with Gasteiger partial charge in [0.15, 0.2) is 5.96 Å². The smallest absolute Gasteiger partial charge is 0.411 e. The van der Waals surface area contributed by atoms with Gasteiger partial charge < -0.3 is 19.9 Å². The average molecular weight is 521 g/mol. The van der Waals surface area contributed by atoms with Gasteiger partial charge in [0.2, 0.25) is 0 Å². The Hall–Kier alpha value is -2.75. The number of amides is 1. The van der Waals surface area contributed by atoms with Crippen molar-refractivity contribution in [3.8, 4) is 0 Å². The number of carbonyl (C=O) groups is 1. The predicted molar refractivity (Wildman–Crippen MR) is 133 cm³/mol. The van der Waals surface area contributed by atoms with Crippen molar-refractivity contribution in [3.05, 3.63) is 66.4 Å². The number of halogens is 1. The summed E-state index contributed by atoms with van der Waals surface area (Å²) in [6, 6.07) is 18.1. The third-order valence-corrected chi connectivity index (χ3v) is 4.62. The maximum atomic E-state index is 11.2. The van der Waals surface area contributed by atoms with Crippen LogP contribution in [0.25, 0.3) is 10.9 Å². The summed E-state index contributed by atoms with van der Waals surface area (Å²) in [6.07, 6.45) is 2.65. The van der Waals surface area contributed by atoms with Crippen molar-refractivity contribution in [2.45, 2.75) is 19.5 Å². The van der Waals surface area contributed by atoms with Crippen molar-refractivity contribution in [1.29, 1.82) is 0 Å². The molecular formula is C22H28IN5O2. The number of guanidine groups is 1. The SMILES string of the molecule is CN=C(NCCCn1ccc2ccccc21)NCc1ccc(NC(=O)OC)cc1.I. The van der Waals surface area contributed by atoms with E-state index >= 15 is 0 Å². The molecule has 1 amide bonds. The predicted octanol–water partition coefficient (Wildman–Crippen LogP) is 4.19. The second kappa shape index (κ2) is 12.1. The molecule has 0 aliphatic carbocycles. The normalized spacial score (nSPS) is 10.9. The molecule has 0 radical (unpaired) electrons. The minimum Gasteiger partial charge on any atom is -0.453 e. The highest BCUT2D eigenvalue weighted by Gasteiger charge is 2.03. The van der Waals surface area contributed by atoms with Gasteiger partial charge in [0.05, 0.1) is 7.11 Å². The zero-order valence-corrected chi connectivity index (χ0v) is 19.6. The highest BCUT2D eigenvalue weighted by Crippen LogP contribution is 2.15. The van der Waals surface area contributed by atoms with E-state index in [-0.39, 0.29) is 24.0 Å². The fourth-order valence-corrected chi connectivity index (χ4v) is 3.07. The Morgan fingerprint density at radius 2 is 1.83 bits per heavy atom. The van der Waals surface area contributed by atoms with E-state index in [0.29, 0.717) is 12.2 Å². The number of ether oxygens (including phenoxy) is 1. The van der Waals surface area contributed by atoms with Crippen LogP contribution >= 0.6 is 24.0 Å². The third-order valence-electron chi connectivity index (χ3n) is 4.62. The molecule has 3 aromatic rings. The largest absolute Gasteiger partial charge is 0.453 e. The van der Waals surface area contributed by atoms with Gasteiger partial charge in [0.1, 0.15) is 0 Å². The number of carbonyl (C=O) groups excluding carboxylic acids is 1. The van der Waals surface area contributed by atoms with Crippen LogP contribution in [0.5, 0.6) is 0 Å². The number of methoxy groups -OCH3 is 1. The van der Waals surface area contributed by atoms with E-state index in [0.717, 1.165) is 31.0 Å². The number of aryl methyl sites for hydroxylation is 1. The number of benzene rings is 2. The standard InChI is InChI=1S/C22H27N5O2.HI/c1-23-21(25-16-17-8-10-19(11-9-17)26-22(28)29-2)24-13-5-14-27-15-12-18-6-3-4-7-20(18)27;/h3-4,6-12,15H,5,13-14,16H2,1-2H3,(H,26,28)(H2,23,24,25);1H. The fraction of sp³-hybridized carbons (Fsp3) is 0.273. The van der Waals surface area contributed by atoms with E-state index in [4.69, 9.17) is 0 Å². The number of aromatic nitrogens is 1. The second-order valence-corrected chi connectivity index (χ2v) is 6.59. The van der Waals surface area contributed by atoms with Crippen molar-refractivity contribution in [3.63, 3.8) is 0 Å². The van der Waals surface area contributed by atoms with Gasteiger partial charge in [-0.3, -0.25) is 10.3 Å². The molecule has 0 saturated heterocycles. The lowest BCUT2D eigenvalue weighted by molar-refractivity contribution is 0.187. The van der Waals surface area contributed by atoms with Crippen LogP contribution in [0.1, 0.15) is 12.0 Å². The summed E-state index contributed by atoms with van der Waals surface area (Å²) in [4.78, 5) is 15.5. The summed E-state index contributed by atoms with van der Waals surface area (Å²) in [5.74, 6) is 0.763. The Morgan fingerprint density at radius 3 is 2.57 bits per heavy atom. The van der Waals surface area contributed by atoms with Crippen LogP contribution in [0, 0.1) is 0 Å². The molecule has 0 unspecified atom stereocenters. The lowest BCUT2D eigenvalue weighted by Crippen LogP contribution is -2.37. The Kier molecular flexibility index (Phi) is 9.46. The van der Waals surface area contributed by atoms with Crippen molar-refractivity contribution < 1.29 is 9.53 Å². The quantitative estimate of drug-likeness (QED) is 0.189. The Balaban J connectivity index is 0.00000320. The molecule has 3 rings (SSSR count). The molecule has 0 aliphatic heterocycles. The molecule has 8 heteroatoms. The first kappa shape index (κ1) is 23.5. The maximum Gasteiger partial charge on any atom is 0.411 e. The number of fused-ring (bicyclic) bond motifs is 1. The van der Waals surface area contributed by atoms with E-state index in [9.17, 15) is 4.79 Å². The minimum atomic E-state index is -0.478. The Morgan fingerprint density at radius 1 is 1.07 bits per heavy atom. The van der Waals surface area contributed by atoms with Gasteiger partial charge in [-0.05, 0) is 41.6 Å². The molecule has 160 valence electrons. The van der Waals surface area contributed by atoms with Crippen LogP contribution in [0.15, 0.2) is 65.8 Å². The second-order valence-electron chi connectivity index (χ2n) is 6.59. The topological polar surface area (TPSA) is 79.7 Å². The number of hydrogen-bond donors (Lipinski definition) is 3. The van der Waals surface area contributed by atoms with Crippen molar-refractivity contribution in [2.24, 2.45) is 4.99 Å². The van der Waals surface area contributed by atoms with Crippen LogP contribution in [0.3, 0.4) is 0 Å². The van der Waals surface area contributed by atoms with Gasteiger partial charge in [-0.2, -0.15) is 0 Å². The molecule has 3 N–H and O–H groups in total. The lowest BCUT2D eigenvalue weighted by Gasteiger charge is -2.13. The van der Waals surface area contributed by atoms with Crippen LogP contribution in [0.2, 0.25) is 0 Å². The molecule has 0 atom stereocenters. The minimum absolute atomic E-state index is 0. The summed E-state index contributed by atoms with van der Waals surface area (Å²) in [7, 11) is 3.10. The molecule has 1 heterocycles. The maximum absolute atomic E-state index is 11.2. The number of nitrogens with zero attached hydrogens (tertiary/aromatic N) is 2. The van der Waals surface area contributed by atoms with Gasteiger partial charge >= 0.3 is 6.09 Å².